The van der Waals surface area contributed by atoms with Crippen molar-refractivity contribution < 1.29 is 4.42 Å². The number of aryl methyl sites for hydroxylation is 2. The molecule has 10 rings (SSSR count). The predicted molar refractivity (Wildman–Crippen MR) is 218 cm³/mol. The Labute approximate surface area is 304 Å². The zero-order valence-electron chi connectivity index (χ0n) is 28.9. The van der Waals surface area contributed by atoms with Gasteiger partial charge in [-0.25, -0.2) is 0 Å². The van der Waals surface area contributed by atoms with E-state index in [-0.39, 0.29) is 0 Å². The first-order valence-corrected chi connectivity index (χ1v) is 18.4. The summed E-state index contributed by atoms with van der Waals surface area (Å²) in [6.07, 6.45) is 10.8. The molecule has 7 aromatic carbocycles. The van der Waals surface area contributed by atoms with Crippen LogP contribution in [0, 0.1) is 0 Å². The topological polar surface area (TPSA) is 16.4 Å². The third-order valence-corrected chi connectivity index (χ3v) is 10.8. The molecular weight excluding hydrogens is 631 g/mol. The van der Waals surface area contributed by atoms with Gasteiger partial charge in [0, 0.05) is 34.3 Å². The fourth-order valence-electron chi connectivity index (χ4n) is 8.19. The highest BCUT2D eigenvalue weighted by atomic mass is 16.3. The summed E-state index contributed by atoms with van der Waals surface area (Å²) in [5, 5.41) is 3.69. The summed E-state index contributed by atoms with van der Waals surface area (Å²) in [7, 11) is 0. The van der Waals surface area contributed by atoms with Gasteiger partial charge in [-0.3, -0.25) is 0 Å². The Kier molecular flexibility index (Phi) is 7.46. The minimum Gasteiger partial charge on any atom is -0.460 e. The summed E-state index contributed by atoms with van der Waals surface area (Å²) in [6, 6.07) is 57.8. The fraction of sp³-hybridized carbons (Fsp3) is 0.0800. The van der Waals surface area contributed by atoms with Crippen molar-refractivity contribution in [1.29, 1.82) is 0 Å². The molecule has 0 unspecified atom stereocenters. The fourth-order valence-corrected chi connectivity index (χ4v) is 8.19. The molecule has 0 amide bonds. The van der Waals surface area contributed by atoms with Crippen molar-refractivity contribution in [3.05, 3.63) is 193 Å². The summed E-state index contributed by atoms with van der Waals surface area (Å²) in [6.45, 7) is 0. The molecule has 0 saturated carbocycles. The second-order valence-electron chi connectivity index (χ2n) is 13.9. The molecule has 0 spiro atoms. The molecule has 2 aliphatic rings. The number of hydrogen-bond donors (Lipinski definition) is 0. The van der Waals surface area contributed by atoms with Crippen molar-refractivity contribution in [2.75, 3.05) is 4.90 Å². The quantitative estimate of drug-likeness (QED) is 0.175. The van der Waals surface area contributed by atoms with Crippen molar-refractivity contribution in [3.63, 3.8) is 0 Å². The van der Waals surface area contributed by atoms with Crippen molar-refractivity contribution in [3.8, 4) is 33.4 Å². The van der Waals surface area contributed by atoms with E-state index in [1.807, 2.05) is 0 Å². The van der Waals surface area contributed by atoms with E-state index in [9.17, 15) is 0 Å². The number of hydrogen-bond acceptors (Lipinski definition) is 2. The average Bonchev–Trinajstić information content (AvgIpc) is 3.61. The van der Waals surface area contributed by atoms with E-state index in [0.29, 0.717) is 0 Å². The highest BCUT2D eigenvalue weighted by molar-refractivity contribution is 5.98. The molecular formula is C50H37NO. The molecule has 2 aliphatic carbocycles. The van der Waals surface area contributed by atoms with Crippen molar-refractivity contribution in [2.24, 2.45) is 0 Å². The van der Waals surface area contributed by atoms with Gasteiger partial charge in [-0.15, -0.1) is 0 Å². The Morgan fingerprint density at radius 2 is 1.21 bits per heavy atom. The highest BCUT2D eigenvalue weighted by Gasteiger charge is 2.24. The molecule has 0 aliphatic heterocycles. The third kappa shape index (κ3) is 5.36. The molecule has 0 bridgehead atoms. The van der Waals surface area contributed by atoms with Crippen molar-refractivity contribution in [1.82, 2.24) is 0 Å². The van der Waals surface area contributed by atoms with Gasteiger partial charge in [-0.1, -0.05) is 127 Å². The minimum absolute atomic E-state index is 0.942. The van der Waals surface area contributed by atoms with E-state index in [1.54, 1.807) is 0 Å². The summed E-state index contributed by atoms with van der Waals surface area (Å²) >= 11 is 0. The maximum atomic E-state index is 6.31. The van der Waals surface area contributed by atoms with Crippen LogP contribution in [0.3, 0.4) is 0 Å². The monoisotopic (exact) mass is 667 g/mol. The molecule has 0 N–H and O–H groups in total. The van der Waals surface area contributed by atoms with E-state index in [2.05, 4.69) is 181 Å². The summed E-state index contributed by atoms with van der Waals surface area (Å²) in [4.78, 5) is 2.41. The largest absolute Gasteiger partial charge is 0.460 e. The molecule has 8 aromatic rings. The van der Waals surface area contributed by atoms with Crippen LogP contribution in [0.15, 0.2) is 180 Å². The lowest BCUT2D eigenvalue weighted by Crippen LogP contribution is -2.11. The molecule has 2 nitrogen and oxygen atoms in total. The Hall–Kier alpha value is -6.38. The van der Waals surface area contributed by atoms with E-state index in [4.69, 9.17) is 4.42 Å². The van der Waals surface area contributed by atoms with Gasteiger partial charge in [-0.05, 0) is 118 Å². The minimum atomic E-state index is 0.942. The number of fused-ring (bicyclic) bond motifs is 6. The number of furan rings is 1. The van der Waals surface area contributed by atoms with Crippen LogP contribution in [0.1, 0.15) is 29.7 Å². The average molecular weight is 668 g/mol. The lowest BCUT2D eigenvalue weighted by atomic mass is 9.86. The van der Waals surface area contributed by atoms with Crippen LogP contribution >= 0.6 is 0 Å². The third-order valence-electron chi connectivity index (χ3n) is 10.8. The smallest absolute Gasteiger partial charge is 0.134 e. The Morgan fingerprint density at radius 1 is 0.500 bits per heavy atom. The van der Waals surface area contributed by atoms with Crippen LogP contribution in [0.4, 0.5) is 17.1 Å². The van der Waals surface area contributed by atoms with Gasteiger partial charge in [0.15, 0.2) is 0 Å². The molecule has 0 fully saturated rings. The van der Waals surface area contributed by atoms with Gasteiger partial charge in [0.25, 0.3) is 0 Å². The van der Waals surface area contributed by atoms with Crippen LogP contribution in [0.25, 0.3) is 60.7 Å². The maximum absolute atomic E-state index is 6.31. The van der Waals surface area contributed by atoms with Gasteiger partial charge >= 0.3 is 0 Å². The second-order valence-corrected chi connectivity index (χ2v) is 13.9. The predicted octanol–water partition coefficient (Wildman–Crippen LogP) is 13.9. The van der Waals surface area contributed by atoms with Gasteiger partial charge in [-0.2, -0.15) is 0 Å². The summed E-state index contributed by atoms with van der Waals surface area (Å²) < 4.78 is 6.31. The summed E-state index contributed by atoms with van der Waals surface area (Å²) in [5.41, 5.74) is 15.8. The van der Waals surface area contributed by atoms with Crippen LogP contribution in [-0.2, 0) is 12.8 Å². The molecule has 0 saturated heterocycles. The Balaban J connectivity index is 1.07. The lowest BCUT2D eigenvalue weighted by Gasteiger charge is -2.28. The molecule has 0 radical (unpaired) electrons. The second kappa shape index (κ2) is 12.7. The van der Waals surface area contributed by atoms with Crippen LogP contribution < -0.4 is 4.90 Å². The first-order chi connectivity index (χ1) is 25.8. The van der Waals surface area contributed by atoms with Crippen LogP contribution in [0.5, 0.6) is 0 Å². The molecule has 248 valence electrons. The van der Waals surface area contributed by atoms with Crippen LogP contribution in [0.2, 0.25) is 0 Å². The van der Waals surface area contributed by atoms with Crippen LogP contribution in [-0.4, -0.2) is 0 Å². The highest BCUT2D eigenvalue weighted by Crippen LogP contribution is 2.44. The van der Waals surface area contributed by atoms with Crippen molar-refractivity contribution in [2.45, 2.75) is 25.7 Å². The number of benzene rings is 7. The number of anilines is 3. The van der Waals surface area contributed by atoms with E-state index >= 15 is 0 Å². The van der Waals surface area contributed by atoms with Gasteiger partial charge < -0.3 is 9.32 Å². The number of rotatable bonds is 6. The summed E-state index contributed by atoms with van der Waals surface area (Å²) in [5.74, 6) is 1.10. The maximum Gasteiger partial charge on any atom is 0.134 e. The first kappa shape index (κ1) is 30.4. The first-order valence-electron chi connectivity index (χ1n) is 18.4. The van der Waals surface area contributed by atoms with Gasteiger partial charge in [0.2, 0.25) is 0 Å². The molecule has 1 aromatic heterocycles. The molecule has 0 atom stereocenters. The number of nitrogens with zero attached hydrogens (tertiary/aromatic N) is 1. The number of allylic oxidation sites excluding steroid dienone is 4. The molecule has 2 heteroatoms. The van der Waals surface area contributed by atoms with E-state index < -0.39 is 0 Å². The van der Waals surface area contributed by atoms with E-state index in [0.717, 1.165) is 54.1 Å². The van der Waals surface area contributed by atoms with Crippen molar-refractivity contribution >= 4 is 44.4 Å². The van der Waals surface area contributed by atoms with E-state index in [1.165, 1.54) is 66.2 Å². The Bertz CT molecular complexity index is 2670. The number of para-hydroxylation sites is 2. The molecule has 52 heavy (non-hydrogen) atoms. The molecule has 1 heterocycles. The standard InChI is InChI=1S/C50H37NO/c1-2-10-34(11-3-1)36-22-27-42(28-23-36)51(47-16-8-6-14-44(47)41-21-18-35-12-4-5-13-39(35)32-41)43-29-24-37(25-30-43)40-20-19-38-26-31-49-50(46(38)33-40)45-15-7-9-17-48(45)52-49/h1-2,4-10,12-25,27-30,32-33H,3,11,26,31H2. The lowest BCUT2D eigenvalue weighted by molar-refractivity contribution is 0.546. The zero-order valence-corrected chi connectivity index (χ0v) is 28.9. The zero-order chi connectivity index (χ0) is 34.4. The SMILES string of the molecule is C1=CCCC(c2ccc(N(c3ccc(-c4ccc5c(c4)-c4c(oc6ccccc46)CC5)cc3)c3ccccc3-c3ccc4ccccc4c3)cc2)=C1. The Morgan fingerprint density at radius 3 is 2.04 bits per heavy atom. The van der Waals surface area contributed by atoms with Gasteiger partial charge in [0.1, 0.15) is 11.3 Å². The van der Waals surface area contributed by atoms with Gasteiger partial charge in [0.05, 0.1) is 5.69 Å². The normalized spacial score (nSPS) is 13.5.